The molecule has 20 heavy (non-hydrogen) atoms. The number of nitrogens with two attached hydrogens (primary N) is 1. The van der Waals surface area contributed by atoms with Gasteiger partial charge in [-0.1, -0.05) is 18.9 Å². The summed E-state index contributed by atoms with van der Waals surface area (Å²) in [6, 6.07) is 6.36. The Morgan fingerprint density at radius 2 is 2.05 bits per heavy atom. The van der Waals surface area contributed by atoms with Gasteiger partial charge in [0.15, 0.2) is 0 Å². The number of amides is 1. The van der Waals surface area contributed by atoms with E-state index in [0.29, 0.717) is 18.3 Å². The van der Waals surface area contributed by atoms with Crippen molar-refractivity contribution in [3.8, 4) is 5.75 Å². The third-order valence-corrected chi connectivity index (χ3v) is 4.71. The van der Waals surface area contributed by atoms with Crippen LogP contribution in [0.25, 0.3) is 0 Å². The van der Waals surface area contributed by atoms with Crippen molar-refractivity contribution in [2.45, 2.75) is 50.6 Å². The van der Waals surface area contributed by atoms with Crippen molar-refractivity contribution in [1.29, 1.82) is 0 Å². The largest absolute Gasteiger partial charge is 0.508 e. The topological polar surface area (TPSA) is 66.6 Å². The van der Waals surface area contributed by atoms with Gasteiger partial charge in [0.2, 0.25) is 5.91 Å². The van der Waals surface area contributed by atoms with Gasteiger partial charge in [-0.2, -0.15) is 0 Å². The van der Waals surface area contributed by atoms with Gasteiger partial charge in [0.1, 0.15) is 5.75 Å². The lowest BCUT2D eigenvalue weighted by atomic mass is 10.0. The molecule has 3 N–H and O–H groups in total. The predicted octanol–water partition coefficient (Wildman–Crippen LogP) is 2.11. The number of carbonyl (C=O) groups excluding carboxylic acids is 1. The molecule has 4 heteroatoms. The van der Waals surface area contributed by atoms with E-state index >= 15 is 0 Å². The summed E-state index contributed by atoms with van der Waals surface area (Å²) < 4.78 is 0. The molecule has 0 bridgehead atoms. The molecule has 108 valence electrons. The predicted molar refractivity (Wildman–Crippen MR) is 77.3 cm³/mol. The van der Waals surface area contributed by atoms with Crippen LogP contribution in [0, 0.1) is 0 Å². The molecule has 0 aliphatic heterocycles. The SMILES string of the molecule is NC(=O)CN(C1CCCC1)C1CCc2cc(O)ccc21. The number of hydrogen-bond acceptors (Lipinski definition) is 3. The molecule has 1 saturated carbocycles. The first kappa shape index (κ1) is 13.4. The first-order valence-electron chi connectivity index (χ1n) is 7.51. The number of primary amides is 1. The summed E-state index contributed by atoms with van der Waals surface area (Å²) in [5.74, 6) is 0.0795. The highest BCUT2D eigenvalue weighted by molar-refractivity contribution is 5.76. The van der Waals surface area contributed by atoms with Crippen LogP contribution >= 0.6 is 0 Å². The Morgan fingerprint density at radius 3 is 2.75 bits per heavy atom. The Bertz CT molecular complexity index is 509. The van der Waals surface area contributed by atoms with E-state index in [9.17, 15) is 9.90 Å². The molecule has 2 aliphatic carbocycles. The first-order chi connectivity index (χ1) is 9.65. The van der Waals surface area contributed by atoms with E-state index in [1.165, 1.54) is 24.0 Å². The van der Waals surface area contributed by atoms with E-state index in [0.717, 1.165) is 25.7 Å². The standard InChI is InChI=1S/C16H22N2O2/c17-16(20)10-18(12-3-1-2-4-12)15-8-5-11-9-13(19)6-7-14(11)15/h6-7,9,12,15,19H,1-5,8,10H2,(H2,17,20). The molecule has 0 radical (unpaired) electrons. The van der Waals surface area contributed by atoms with Gasteiger partial charge < -0.3 is 10.8 Å². The molecule has 4 nitrogen and oxygen atoms in total. The summed E-state index contributed by atoms with van der Waals surface area (Å²) >= 11 is 0. The number of fused-ring (bicyclic) bond motifs is 1. The zero-order valence-corrected chi connectivity index (χ0v) is 11.7. The minimum absolute atomic E-state index is 0.246. The molecular weight excluding hydrogens is 252 g/mol. The number of aromatic hydroxyl groups is 1. The maximum Gasteiger partial charge on any atom is 0.231 e. The molecule has 0 aromatic heterocycles. The van der Waals surface area contributed by atoms with E-state index in [1.54, 1.807) is 6.07 Å². The highest BCUT2D eigenvalue weighted by Gasteiger charge is 2.34. The van der Waals surface area contributed by atoms with Crippen molar-refractivity contribution in [3.05, 3.63) is 29.3 Å². The van der Waals surface area contributed by atoms with Crippen LogP contribution in [0.1, 0.15) is 49.3 Å². The molecule has 1 atom stereocenters. The van der Waals surface area contributed by atoms with Gasteiger partial charge in [0, 0.05) is 12.1 Å². The maximum absolute atomic E-state index is 11.4. The number of nitrogens with zero attached hydrogens (tertiary/aromatic N) is 1. The lowest BCUT2D eigenvalue weighted by Gasteiger charge is -2.34. The van der Waals surface area contributed by atoms with Gasteiger partial charge >= 0.3 is 0 Å². The number of phenols is 1. The van der Waals surface area contributed by atoms with Crippen LogP contribution in [0.3, 0.4) is 0 Å². The van der Waals surface area contributed by atoms with E-state index in [1.807, 2.05) is 12.1 Å². The van der Waals surface area contributed by atoms with E-state index in [4.69, 9.17) is 5.73 Å². The summed E-state index contributed by atoms with van der Waals surface area (Å²) in [4.78, 5) is 13.7. The van der Waals surface area contributed by atoms with Crippen LogP contribution in [0.5, 0.6) is 5.75 Å². The fourth-order valence-electron chi connectivity index (χ4n) is 3.84. The highest BCUT2D eigenvalue weighted by atomic mass is 16.3. The number of benzene rings is 1. The van der Waals surface area contributed by atoms with Gasteiger partial charge in [-0.15, -0.1) is 0 Å². The minimum Gasteiger partial charge on any atom is -0.508 e. The fraction of sp³-hybridized carbons (Fsp3) is 0.562. The van der Waals surface area contributed by atoms with Gasteiger partial charge in [-0.25, -0.2) is 0 Å². The Kier molecular flexibility index (Phi) is 3.66. The first-order valence-corrected chi connectivity index (χ1v) is 7.51. The summed E-state index contributed by atoms with van der Waals surface area (Å²) in [6.45, 7) is 0.343. The summed E-state index contributed by atoms with van der Waals surface area (Å²) in [6.07, 6.45) is 6.80. The maximum atomic E-state index is 11.4. The van der Waals surface area contributed by atoms with Crippen LogP contribution in [-0.2, 0) is 11.2 Å². The van der Waals surface area contributed by atoms with Crippen LogP contribution < -0.4 is 5.73 Å². The number of hydrogen-bond donors (Lipinski definition) is 2. The lowest BCUT2D eigenvalue weighted by molar-refractivity contribution is -0.120. The summed E-state index contributed by atoms with van der Waals surface area (Å²) in [7, 11) is 0. The Labute approximate surface area is 119 Å². The average Bonchev–Trinajstić information content (AvgIpc) is 3.04. The molecular formula is C16H22N2O2. The Balaban J connectivity index is 1.87. The monoisotopic (exact) mass is 274 g/mol. The Hall–Kier alpha value is -1.55. The molecule has 1 fully saturated rings. The van der Waals surface area contributed by atoms with Crippen LogP contribution in [0.2, 0.25) is 0 Å². The lowest BCUT2D eigenvalue weighted by Crippen LogP contribution is -2.41. The van der Waals surface area contributed by atoms with Crippen LogP contribution in [-0.4, -0.2) is 28.5 Å². The zero-order valence-electron chi connectivity index (χ0n) is 11.7. The number of rotatable bonds is 4. The van der Waals surface area contributed by atoms with Gasteiger partial charge in [-0.3, -0.25) is 9.69 Å². The van der Waals surface area contributed by atoms with Crippen molar-refractivity contribution in [3.63, 3.8) is 0 Å². The van der Waals surface area contributed by atoms with Crippen LogP contribution in [0.15, 0.2) is 18.2 Å². The van der Waals surface area contributed by atoms with Crippen molar-refractivity contribution in [2.75, 3.05) is 6.54 Å². The molecule has 0 saturated heterocycles. The van der Waals surface area contributed by atoms with E-state index in [2.05, 4.69) is 4.90 Å². The molecule has 1 aromatic rings. The van der Waals surface area contributed by atoms with Crippen LogP contribution in [0.4, 0.5) is 0 Å². The minimum atomic E-state index is -0.246. The number of aryl methyl sites for hydroxylation is 1. The van der Waals surface area contributed by atoms with Crippen molar-refractivity contribution >= 4 is 5.91 Å². The van der Waals surface area contributed by atoms with Gasteiger partial charge in [0.25, 0.3) is 0 Å². The molecule has 0 spiro atoms. The normalized spacial score (nSPS) is 22.4. The van der Waals surface area contributed by atoms with Gasteiger partial charge in [0.05, 0.1) is 6.54 Å². The van der Waals surface area contributed by atoms with Gasteiger partial charge in [-0.05, 0) is 48.9 Å². The quantitative estimate of drug-likeness (QED) is 0.883. The molecule has 1 aromatic carbocycles. The van der Waals surface area contributed by atoms with Crippen molar-refractivity contribution < 1.29 is 9.90 Å². The molecule has 0 heterocycles. The average molecular weight is 274 g/mol. The zero-order chi connectivity index (χ0) is 14.1. The number of carbonyl (C=O) groups is 1. The third-order valence-electron chi connectivity index (χ3n) is 4.71. The second kappa shape index (κ2) is 5.44. The summed E-state index contributed by atoms with van der Waals surface area (Å²) in [5.41, 5.74) is 7.92. The molecule has 2 aliphatic rings. The summed E-state index contributed by atoms with van der Waals surface area (Å²) in [5, 5.41) is 9.59. The van der Waals surface area contributed by atoms with E-state index in [-0.39, 0.29) is 11.9 Å². The Morgan fingerprint density at radius 1 is 1.30 bits per heavy atom. The van der Waals surface area contributed by atoms with Crippen molar-refractivity contribution in [1.82, 2.24) is 4.90 Å². The smallest absolute Gasteiger partial charge is 0.231 e. The highest BCUT2D eigenvalue weighted by Crippen LogP contribution is 2.40. The van der Waals surface area contributed by atoms with E-state index < -0.39 is 0 Å². The second-order valence-electron chi connectivity index (χ2n) is 6.01. The molecule has 1 unspecified atom stereocenters. The molecule has 3 rings (SSSR count). The number of phenolic OH excluding ortho intramolecular Hbond substituents is 1. The third kappa shape index (κ3) is 2.52. The van der Waals surface area contributed by atoms with Crippen molar-refractivity contribution in [2.24, 2.45) is 5.73 Å². The fourth-order valence-corrected chi connectivity index (χ4v) is 3.84. The second-order valence-corrected chi connectivity index (χ2v) is 6.01. The molecule has 1 amide bonds.